The summed E-state index contributed by atoms with van der Waals surface area (Å²) in [5.74, 6) is 4.13. The van der Waals surface area contributed by atoms with Crippen LogP contribution in [-0.4, -0.2) is 17.1 Å². The van der Waals surface area contributed by atoms with E-state index in [0.717, 1.165) is 6.07 Å². The van der Waals surface area contributed by atoms with Crippen LogP contribution >= 0.6 is 0 Å². The zero-order valence-electron chi connectivity index (χ0n) is 10.8. The minimum atomic E-state index is -4.42. The highest BCUT2D eigenvalue weighted by Crippen LogP contribution is 2.32. The molecule has 1 aromatic carbocycles. The predicted molar refractivity (Wildman–Crippen MR) is 67.9 cm³/mol. The molecule has 1 rings (SSSR count). The van der Waals surface area contributed by atoms with Crippen LogP contribution in [0.3, 0.4) is 0 Å². The maximum atomic E-state index is 12.7. The van der Waals surface area contributed by atoms with Crippen molar-refractivity contribution >= 4 is 5.97 Å². The van der Waals surface area contributed by atoms with Crippen molar-refractivity contribution in [2.75, 3.05) is 0 Å². The summed E-state index contributed by atoms with van der Waals surface area (Å²) < 4.78 is 38.1. The molecule has 0 saturated heterocycles. The number of benzene rings is 1. The van der Waals surface area contributed by atoms with E-state index in [9.17, 15) is 18.0 Å². The lowest BCUT2D eigenvalue weighted by molar-refractivity contribution is -0.138. The Kier molecular flexibility index (Phi) is 5.17. The molecule has 3 N–H and O–H groups in total. The second kappa shape index (κ2) is 6.44. The smallest absolute Gasteiger partial charge is 0.416 e. The maximum Gasteiger partial charge on any atom is 0.416 e. The first-order valence-corrected chi connectivity index (χ1v) is 5.84. The zero-order chi connectivity index (χ0) is 15.3. The first kappa shape index (κ1) is 16.1. The van der Waals surface area contributed by atoms with Crippen molar-refractivity contribution < 1.29 is 23.1 Å². The van der Waals surface area contributed by atoms with Crippen LogP contribution in [0, 0.1) is 18.8 Å². The summed E-state index contributed by atoms with van der Waals surface area (Å²) in [5, 5.41) is 8.50. The summed E-state index contributed by atoms with van der Waals surface area (Å²) in [6, 6.07) is 3.18. The van der Waals surface area contributed by atoms with Gasteiger partial charge in [-0.15, -0.1) is 0 Å². The lowest BCUT2D eigenvalue weighted by atomic mass is 10.0. The van der Waals surface area contributed by atoms with Crippen LogP contribution < -0.4 is 5.73 Å². The average Bonchev–Trinajstić information content (AvgIpc) is 2.28. The summed E-state index contributed by atoms with van der Waals surface area (Å²) in [4.78, 5) is 10.4. The Morgan fingerprint density at radius 2 is 2.10 bits per heavy atom. The Labute approximate surface area is 114 Å². The molecule has 0 spiro atoms. The monoisotopic (exact) mass is 285 g/mol. The van der Waals surface area contributed by atoms with Crippen molar-refractivity contribution in [2.24, 2.45) is 5.73 Å². The molecule has 3 nitrogen and oxygen atoms in total. The van der Waals surface area contributed by atoms with Gasteiger partial charge in [-0.05, 0) is 24.6 Å². The third-order valence-electron chi connectivity index (χ3n) is 2.58. The van der Waals surface area contributed by atoms with Gasteiger partial charge < -0.3 is 10.8 Å². The van der Waals surface area contributed by atoms with Gasteiger partial charge in [-0.2, -0.15) is 13.2 Å². The Balaban J connectivity index is 2.82. The summed E-state index contributed by atoms with van der Waals surface area (Å²) in [5.41, 5.74) is 5.13. The third-order valence-corrected chi connectivity index (χ3v) is 2.58. The highest BCUT2D eigenvalue weighted by Gasteiger charge is 2.32. The molecule has 0 saturated carbocycles. The van der Waals surface area contributed by atoms with E-state index in [0.29, 0.717) is 0 Å². The highest BCUT2D eigenvalue weighted by atomic mass is 19.4. The molecular formula is C14H14F3NO2. The van der Waals surface area contributed by atoms with E-state index in [1.54, 1.807) is 0 Å². The fourth-order valence-corrected chi connectivity index (χ4v) is 1.59. The van der Waals surface area contributed by atoms with Crippen molar-refractivity contribution in [3.63, 3.8) is 0 Å². The maximum absolute atomic E-state index is 12.7. The minimum Gasteiger partial charge on any atom is -0.481 e. The van der Waals surface area contributed by atoms with Crippen LogP contribution in [0.5, 0.6) is 0 Å². The van der Waals surface area contributed by atoms with Gasteiger partial charge in [-0.25, -0.2) is 0 Å². The number of carboxylic acid groups (broad SMARTS) is 1. The molecule has 0 aromatic heterocycles. The number of hydrogen-bond acceptors (Lipinski definition) is 2. The fraction of sp³-hybridized carbons (Fsp3) is 0.357. The average molecular weight is 285 g/mol. The number of carboxylic acids is 1. The molecule has 0 heterocycles. The van der Waals surface area contributed by atoms with Gasteiger partial charge in [0, 0.05) is 18.0 Å². The van der Waals surface area contributed by atoms with Crippen LogP contribution in [0.4, 0.5) is 13.2 Å². The standard InChI is InChI=1S/C14H14F3NO2/c1-9-5-6-10(7-12(9)14(15,16)17)3-2-4-11(18)8-13(19)20/h5-7,11H,4,8,18H2,1H3,(H,19,20)/t11-/m1/s1. The van der Waals surface area contributed by atoms with Crippen molar-refractivity contribution in [1.82, 2.24) is 0 Å². The van der Waals surface area contributed by atoms with E-state index in [1.165, 1.54) is 19.1 Å². The molecule has 0 aliphatic heterocycles. The number of aliphatic carboxylic acids is 1. The van der Waals surface area contributed by atoms with Crippen molar-refractivity contribution in [2.45, 2.75) is 32.0 Å². The lowest BCUT2D eigenvalue weighted by Crippen LogP contribution is -2.22. The van der Waals surface area contributed by atoms with E-state index in [1.807, 2.05) is 0 Å². The van der Waals surface area contributed by atoms with Gasteiger partial charge >= 0.3 is 12.1 Å². The van der Waals surface area contributed by atoms with Gasteiger partial charge in [0.15, 0.2) is 0 Å². The molecule has 0 unspecified atom stereocenters. The summed E-state index contributed by atoms with van der Waals surface area (Å²) in [7, 11) is 0. The van der Waals surface area contributed by atoms with Gasteiger partial charge in [0.05, 0.1) is 12.0 Å². The number of carbonyl (C=O) groups is 1. The molecule has 20 heavy (non-hydrogen) atoms. The van der Waals surface area contributed by atoms with E-state index in [-0.39, 0.29) is 24.0 Å². The van der Waals surface area contributed by atoms with Gasteiger partial charge in [-0.3, -0.25) is 4.79 Å². The van der Waals surface area contributed by atoms with Crippen LogP contribution in [-0.2, 0) is 11.0 Å². The number of alkyl halides is 3. The van der Waals surface area contributed by atoms with Crippen LogP contribution in [0.1, 0.15) is 29.5 Å². The Morgan fingerprint density at radius 3 is 2.65 bits per heavy atom. The Hall–Kier alpha value is -2.00. The van der Waals surface area contributed by atoms with Crippen LogP contribution in [0.25, 0.3) is 0 Å². The number of rotatable bonds is 3. The van der Waals surface area contributed by atoms with Gasteiger partial charge in [0.2, 0.25) is 0 Å². The van der Waals surface area contributed by atoms with E-state index in [2.05, 4.69) is 11.8 Å². The van der Waals surface area contributed by atoms with Gasteiger partial charge in [0.25, 0.3) is 0 Å². The molecule has 1 atom stereocenters. The quantitative estimate of drug-likeness (QED) is 0.839. The zero-order valence-corrected chi connectivity index (χ0v) is 10.8. The lowest BCUT2D eigenvalue weighted by Gasteiger charge is -2.10. The Bertz CT molecular complexity index is 556. The first-order chi connectivity index (χ1) is 9.20. The highest BCUT2D eigenvalue weighted by molar-refractivity contribution is 5.67. The molecular weight excluding hydrogens is 271 g/mol. The molecule has 0 aliphatic carbocycles. The number of hydrogen-bond donors (Lipinski definition) is 2. The fourth-order valence-electron chi connectivity index (χ4n) is 1.59. The second-order valence-corrected chi connectivity index (χ2v) is 4.39. The number of aryl methyl sites for hydroxylation is 1. The normalized spacial score (nSPS) is 12.4. The van der Waals surface area contributed by atoms with Crippen molar-refractivity contribution in [3.8, 4) is 11.8 Å². The molecule has 0 fully saturated rings. The molecule has 1 aromatic rings. The molecule has 0 bridgehead atoms. The molecule has 0 radical (unpaired) electrons. The summed E-state index contributed by atoms with van der Waals surface area (Å²) >= 11 is 0. The second-order valence-electron chi connectivity index (χ2n) is 4.39. The molecule has 6 heteroatoms. The third kappa shape index (κ3) is 4.94. The molecule has 0 aliphatic rings. The van der Waals surface area contributed by atoms with Crippen LogP contribution in [0.2, 0.25) is 0 Å². The summed E-state index contributed by atoms with van der Waals surface area (Å²) in [6.45, 7) is 1.38. The number of nitrogens with two attached hydrogens (primary N) is 1. The van der Waals surface area contributed by atoms with E-state index < -0.39 is 23.8 Å². The topological polar surface area (TPSA) is 63.3 Å². The minimum absolute atomic E-state index is 0.113. The van der Waals surface area contributed by atoms with E-state index in [4.69, 9.17) is 10.8 Å². The largest absolute Gasteiger partial charge is 0.481 e. The van der Waals surface area contributed by atoms with Crippen molar-refractivity contribution in [1.29, 1.82) is 0 Å². The predicted octanol–water partition coefficient (Wildman–Crippen LogP) is 2.56. The molecule has 0 amide bonds. The van der Waals surface area contributed by atoms with Crippen molar-refractivity contribution in [3.05, 3.63) is 34.9 Å². The SMILES string of the molecule is Cc1ccc(C#CC[C@@H](N)CC(=O)O)cc1C(F)(F)F. The summed E-state index contributed by atoms with van der Waals surface area (Å²) in [6.07, 6.45) is -4.53. The van der Waals surface area contributed by atoms with Gasteiger partial charge in [0.1, 0.15) is 0 Å². The first-order valence-electron chi connectivity index (χ1n) is 5.84. The van der Waals surface area contributed by atoms with Crippen LogP contribution in [0.15, 0.2) is 18.2 Å². The van der Waals surface area contributed by atoms with Gasteiger partial charge in [-0.1, -0.05) is 17.9 Å². The number of halogens is 3. The molecule has 108 valence electrons. The van der Waals surface area contributed by atoms with E-state index >= 15 is 0 Å². The Morgan fingerprint density at radius 1 is 1.45 bits per heavy atom.